The molecule has 1 unspecified atom stereocenters. The van der Waals surface area contributed by atoms with Gasteiger partial charge in [-0.25, -0.2) is 0 Å². The molecular weight excluding hydrogens is 293 g/mol. The maximum absolute atomic E-state index is 13.4. The van der Waals surface area contributed by atoms with Crippen molar-refractivity contribution in [1.82, 2.24) is 4.90 Å². The normalized spacial score (nSPS) is 14.0. The van der Waals surface area contributed by atoms with Crippen LogP contribution in [0.3, 0.4) is 0 Å². The lowest BCUT2D eigenvalue weighted by molar-refractivity contribution is -0.301. The Balaban J connectivity index is 2.89. The van der Waals surface area contributed by atoms with E-state index in [0.29, 0.717) is 11.1 Å². The van der Waals surface area contributed by atoms with Gasteiger partial charge in [-0.1, -0.05) is 12.1 Å². The molecule has 0 fully saturated rings. The maximum atomic E-state index is 13.4. The van der Waals surface area contributed by atoms with Crippen molar-refractivity contribution in [2.75, 3.05) is 13.6 Å². The van der Waals surface area contributed by atoms with E-state index in [1.807, 2.05) is 6.07 Å². The van der Waals surface area contributed by atoms with Crippen LogP contribution in [0.25, 0.3) is 0 Å². The highest BCUT2D eigenvalue weighted by atomic mass is 19.4. The van der Waals surface area contributed by atoms with Crippen LogP contribution in [0.1, 0.15) is 11.1 Å². The number of nitriles is 1. The summed E-state index contributed by atoms with van der Waals surface area (Å²) in [6, 6.07) is 5.63. The molecule has 1 aromatic rings. The highest BCUT2D eigenvalue weighted by Gasteiger charge is 2.62. The third kappa shape index (κ3) is 3.89. The predicted octanol–water partition coefficient (Wildman–Crippen LogP) is 2.51. The van der Waals surface area contributed by atoms with E-state index in [1.165, 1.54) is 24.3 Å². The van der Waals surface area contributed by atoms with Crippen LogP contribution in [0, 0.1) is 11.3 Å². The van der Waals surface area contributed by atoms with Crippen molar-refractivity contribution in [3.8, 4) is 6.07 Å². The van der Waals surface area contributed by atoms with E-state index in [9.17, 15) is 22.0 Å². The molecule has 1 rings (SSSR count). The van der Waals surface area contributed by atoms with Gasteiger partial charge >= 0.3 is 12.1 Å². The minimum absolute atomic E-state index is 0.140. The Bertz CT molecular complexity index is 504. The van der Waals surface area contributed by atoms with Crippen LogP contribution in [0.4, 0.5) is 22.0 Å². The first kappa shape index (κ1) is 17.3. The molecule has 0 saturated carbocycles. The predicted molar refractivity (Wildman–Crippen MR) is 66.5 cm³/mol. The second-order valence-corrected chi connectivity index (χ2v) is 4.60. The molecule has 8 heteroatoms. The first-order chi connectivity index (χ1) is 9.63. The van der Waals surface area contributed by atoms with Crippen molar-refractivity contribution in [2.24, 2.45) is 5.73 Å². The molecule has 3 nitrogen and oxygen atoms in total. The number of hydrogen-bond donors (Lipinski definition) is 1. The summed E-state index contributed by atoms with van der Waals surface area (Å²) in [6.07, 6.45) is -5.66. The average molecular weight is 307 g/mol. The summed E-state index contributed by atoms with van der Waals surface area (Å²) in [6.45, 7) is -0.974. The van der Waals surface area contributed by atoms with Crippen LogP contribution >= 0.6 is 0 Å². The van der Waals surface area contributed by atoms with E-state index in [4.69, 9.17) is 11.0 Å². The Morgan fingerprint density at radius 3 is 2.10 bits per heavy atom. The van der Waals surface area contributed by atoms with Crippen molar-refractivity contribution >= 4 is 0 Å². The van der Waals surface area contributed by atoms with Gasteiger partial charge in [-0.3, -0.25) is 4.90 Å². The summed E-state index contributed by atoms with van der Waals surface area (Å²) < 4.78 is 64.0. The fourth-order valence-corrected chi connectivity index (χ4v) is 1.88. The van der Waals surface area contributed by atoms with Gasteiger partial charge in [0.1, 0.15) is 0 Å². The Kier molecular flexibility index (Phi) is 5.25. The maximum Gasteiger partial charge on any atom is 0.455 e. The molecular formula is C13H14F5N3. The molecule has 0 spiro atoms. The molecule has 0 saturated heterocycles. The van der Waals surface area contributed by atoms with Crippen LogP contribution in [-0.4, -0.2) is 36.6 Å². The summed E-state index contributed by atoms with van der Waals surface area (Å²) in [5.74, 6) is -4.90. The van der Waals surface area contributed by atoms with E-state index >= 15 is 0 Å². The average Bonchev–Trinajstić information content (AvgIpc) is 2.38. The van der Waals surface area contributed by atoms with Gasteiger partial charge in [0.2, 0.25) is 0 Å². The van der Waals surface area contributed by atoms with E-state index in [1.54, 1.807) is 0 Å². The number of alkyl halides is 5. The first-order valence-corrected chi connectivity index (χ1v) is 5.97. The van der Waals surface area contributed by atoms with Crippen LogP contribution in [0.15, 0.2) is 24.3 Å². The van der Waals surface area contributed by atoms with Crippen molar-refractivity contribution in [2.45, 2.75) is 24.7 Å². The number of nitrogens with zero attached hydrogens (tertiary/aromatic N) is 2. The highest BCUT2D eigenvalue weighted by Crippen LogP contribution is 2.39. The molecule has 0 heterocycles. The fourth-order valence-electron chi connectivity index (χ4n) is 1.88. The second kappa shape index (κ2) is 6.37. The zero-order valence-corrected chi connectivity index (χ0v) is 11.2. The highest BCUT2D eigenvalue weighted by molar-refractivity contribution is 5.31. The number of benzene rings is 1. The Hall–Kier alpha value is -1.72. The zero-order chi connectivity index (χ0) is 16.3. The SMILES string of the molecule is CN(Cc1ccc(C#N)cc1)C(CN)C(F)(F)C(F)(F)F. The third-order valence-electron chi connectivity index (χ3n) is 3.07. The summed E-state index contributed by atoms with van der Waals surface area (Å²) in [5, 5.41) is 8.63. The first-order valence-electron chi connectivity index (χ1n) is 5.97. The number of halogens is 5. The second-order valence-electron chi connectivity index (χ2n) is 4.60. The summed E-state index contributed by atoms with van der Waals surface area (Å²) >= 11 is 0. The number of hydrogen-bond acceptors (Lipinski definition) is 3. The molecule has 1 aromatic carbocycles. The topological polar surface area (TPSA) is 53.0 Å². The van der Waals surface area contributed by atoms with E-state index in [-0.39, 0.29) is 6.54 Å². The van der Waals surface area contributed by atoms with Gasteiger partial charge in [0.25, 0.3) is 0 Å². The Labute approximate surface area is 118 Å². The fraction of sp³-hybridized carbons (Fsp3) is 0.462. The van der Waals surface area contributed by atoms with Gasteiger partial charge in [0.15, 0.2) is 0 Å². The van der Waals surface area contributed by atoms with Gasteiger partial charge < -0.3 is 5.73 Å². The standard InChI is InChI=1S/C13H14F5N3/c1-21(8-10-4-2-9(6-19)3-5-10)11(7-20)12(14,15)13(16,17)18/h2-5,11H,7-8,20H2,1H3. The summed E-state index contributed by atoms with van der Waals surface area (Å²) in [5.41, 5.74) is 5.97. The van der Waals surface area contributed by atoms with Crippen LogP contribution in [0.2, 0.25) is 0 Å². The van der Waals surface area contributed by atoms with Crippen molar-refractivity contribution in [3.05, 3.63) is 35.4 Å². The van der Waals surface area contributed by atoms with Gasteiger partial charge in [0.05, 0.1) is 17.7 Å². The molecule has 0 radical (unpaired) electrons. The molecule has 0 amide bonds. The lowest BCUT2D eigenvalue weighted by atomic mass is 10.1. The summed E-state index contributed by atoms with van der Waals surface area (Å²) in [4.78, 5) is 0.856. The molecule has 1 atom stereocenters. The smallest absolute Gasteiger partial charge is 0.329 e. The monoisotopic (exact) mass is 307 g/mol. The van der Waals surface area contributed by atoms with Crippen LogP contribution in [0.5, 0.6) is 0 Å². The molecule has 0 bridgehead atoms. The van der Waals surface area contributed by atoms with Crippen LogP contribution in [-0.2, 0) is 6.54 Å². The third-order valence-corrected chi connectivity index (χ3v) is 3.07. The van der Waals surface area contributed by atoms with Gasteiger partial charge in [-0.2, -0.15) is 27.2 Å². The van der Waals surface area contributed by atoms with Crippen molar-refractivity contribution in [1.29, 1.82) is 5.26 Å². The van der Waals surface area contributed by atoms with E-state index in [2.05, 4.69) is 0 Å². The molecule has 2 N–H and O–H groups in total. The van der Waals surface area contributed by atoms with Crippen LogP contribution < -0.4 is 5.73 Å². The largest absolute Gasteiger partial charge is 0.455 e. The number of rotatable bonds is 5. The lowest BCUT2D eigenvalue weighted by Crippen LogP contribution is -2.57. The minimum Gasteiger partial charge on any atom is -0.329 e. The molecule has 0 aliphatic carbocycles. The lowest BCUT2D eigenvalue weighted by Gasteiger charge is -2.34. The van der Waals surface area contributed by atoms with Crippen molar-refractivity contribution < 1.29 is 22.0 Å². The number of likely N-dealkylation sites (N-methyl/N-ethyl adjacent to an activating group) is 1. The molecule has 0 aliphatic rings. The summed E-state index contributed by atoms with van der Waals surface area (Å²) in [7, 11) is 1.15. The van der Waals surface area contributed by atoms with E-state index in [0.717, 1.165) is 11.9 Å². The quantitative estimate of drug-likeness (QED) is 0.851. The van der Waals surface area contributed by atoms with Gasteiger partial charge in [0, 0.05) is 13.1 Å². The van der Waals surface area contributed by atoms with Gasteiger partial charge in [-0.05, 0) is 24.7 Å². The zero-order valence-electron chi connectivity index (χ0n) is 11.2. The Morgan fingerprint density at radius 1 is 1.19 bits per heavy atom. The number of nitrogens with two attached hydrogens (primary N) is 1. The Morgan fingerprint density at radius 2 is 1.71 bits per heavy atom. The molecule has 116 valence electrons. The molecule has 0 aromatic heterocycles. The van der Waals surface area contributed by atoms with Gasteiger partial charge in [-0.15, -0.1) is 0 Å². The van der Waals surface area contributed by atoms with E-state index < -0.39 is 24.7 Å². The molecule has 0 aliphatic heterocycles. The van der Waals surface area contributed by atoms with Crippen molar-refractivity contribution in [3.63, 3.8) is 0 Å². The molecule has 21 heavy (non-hydrogen) atoms. The minimum atomic E-state index is -5.66.